The highest BCUT2D eigenvalue weighted by atomic mass is 16.7. The van der Waals surface area contributed by atoms with Crippen LogP contribution >= 0.6 is 0 Å². The predicted octanol–water partition coefficient (Wildman–Crippen LogP) is -4.29. The van der Waals surface area contributed by atoms with Crippen molar-refractivity contribution < 1.29 is 102 Å². The molecule has 360 valence electrons. The number of aliphatic carboxylic acids is 1. The predicted molar refractivity (Wildman–Crippen MR) is 208 cm³/mol. The number of carboxylic acids is 1. The second-order valence-corrected chi connectivity index (χ2v) is 14.6. The molecule has 0 aromatic heterocycles. The summed E-state index contributed by atoms with van der Waals surface area (Å²) in [6.07, 6.45) is -14.4. The molecule has 3 unspecified atom stereocenters. The van der Waals surface area contributed by atoms with Crippen LogP contribution in [-0.4, -0.2) is 226 Å². The molecule has 2 aliphatic rings. The minimum atomic E-state index is -2.76. The number of hydrogen-bond donors (Lipinski definition) is 11. The zero-order valence-corrected chi connectivity index (χ0v) is 35.5. The average Bonchev–Trinajstić information content (AvgIpc) is 3.24. The topological polar surface area (TPSA) is 358 Å². The third kappa shape index (κ3) is 18.3. The number of hydrogen-bond acceptors (Lipinski definition) is 20. The first-order valence-corrected chi connectivity index (χ1v) is 20.3. The van der Waals surface area contributed by atoms with E-state index in [2.05, 4.69) is 21.3 Å². The second-order valence-electron chi connectivity index (χ2n) is 14.6. The van der Waals surface area contributed by atoms with Gasteiger partial charge in [0.25, 0.3) is 5.79 Å². The van der Waals surface area contributed by atoms with Crippen molar-refractivity contribution in [2.24, 2.45) is 5.92 Å². The van der Waals surface area contributed by atoms with Gasteiger partial charge in [-0.15, -0.1) is 0 Å². The highest BCUT2D eigenvalue weighted by Crippen LogP contribution is 2.35. The van der Waals surface area contributed by atoms with Crippen molar-refractivity contribution in [2.75, 3.05) is 93.4 Å². The Morgan fingerprint density at radius 1 is 0.823 bits per heavy atom. The number of aliphatic hydroxyl groups excluding tert-OH is 6. The van der Waals surface area contributed by atoms with Crippen LogP contribution in [0.3, 0.4) is 0 Å². The van der Waals surface area contributed by atoms with Gasteiger partial charge >= 0.3 is 18.2 Å². The number of carbonyl (C=O) groups is 5. The highest BCUT2D eigenvalue weighted by molar-refractivity contribution is 5.89. The summed E-state index contributed by atoms with van der Waals surface area (Å²) in [6, 6.07) is -2.92. The third-order valence-corrected chi connectivity index (χ3v) is 10.0. The lowest BCUT2D eigenvalue weighted by Crippen LogP contribution is -2.69. The van der Waals surface area contributed by atoms with Gasteiger partial charge in [0.2, 0.25) is 11.8 Å². The molecule has 25 nitrogen and oxygen atoms in total. The number of amides is 4. The monoisotopic (exact) mass is 902 g/mol. The van der Waals surface area contributed by atoms with E-state index in [1.165, 1.54) is 14.2 Å². The quantitative estimate of drug-likeness (QED) is 0.0316. The number of ether oxygens (including phenoxy) is 9. The SMILES string of the molecule is COCCOCCOC(=O)NCCCC[C@H](NC(=O)OCCOCCOC)C(=O)NCC(=O)N[C@H]1C([C@H](O)[C@H](O)CO)O[C@@](OCC2O[C@H](C)C(C)[C@@H](O)[C@H]2O)(C(=O)O)C[C@H]1O. The Morgan fingerprint density at radius 3 is 2.03 bits per heavy atom. The molecule has 0 bridgehead atoms. The summed E-state index contributed by atoms with van der Waals surface area (Å²) < 4.78 is 47.2. The molecule has 0 aliphatic carbocycles. The molecule has 2 saturated heterocycles. The molecule has 0 radical (unpaired) electrons. The summed E-state index contributed by atoms with van der Waals surface area (Å²) in [5.74, 6) is -6.88. The van der Waals surface area contributed by atoms with Crippen molar-refractivity contribution in [1.29, 1.82) is 0 Å². The molecule has 12 atom stereocenters. The van der Waals surface area contributed by atoms with E-state index in [0.29, 0.717) is 26.2 Å². The Bertz CT molecular complexity index is 1350. The van der Waals surface area contributed by atoms with Crippen LogP contribution < -0.4 is 21.3 Å². The van der Waals surface area contributed by atoms with Crippen LogP contribution in [0.5, 0.6) is 0 Å². The fourth-order valence-corrected chi connectivity index (χ4v) is 6.26. The summed E-state index contributed by atoms with van der Waals surface area (Å²) in [4.78, 5) is 63.7. The zero-order valence-electron chi connectivity index (χ0n) is 35.5. The summed E-state index contributed by atoms with van der Waals surface area (Å²) in [5, 5.41) is 82.8. The number of unbranched alkanes of at least 4 members (excludes halogenated alkanes) is 1. The van der Waals surface area contributed by atoms with Gasteiger partial charge in [0.15, 0.2) is 0 Å². The fourth-order valence-electron chi connectivity index (χ4n) is 6.26. The van der Waals surface area contributed by atoms with Crippen molar-refractivity contribution in [3.8, 4) is 0 Å². The smallest absolute Gasteiger partial charge is 0.407 e. The van der Waals surface area contributed by atoms with E-state index >= 15 is 0 Å². The maximum atomic E-state index is 13.3. The van der Waals surface area contributed by atoms with Gasteiger partial charge in [-0.3, -0.25) is 9.59 Å². The lowest BCUT2D eigenvalue weighted by molar-refractivity contribution is -0.322. The van der Waals surface area contributed by atoms with Crippen LogP contribution in [-0.2, 0) is 57.0 Å². The van der Waals surface area contributed by atoms with E-state index < -0.39 is 129 Å². The van der Waals surface area contributed by atoms with E-state index in [9.17, 15) is 59.7 Å². The number of nitrogens with one attached hydrogen (secondary N) is 4. The fraction of sp³-hybridized carbons (Fsp3) is 0.865. The zero-order chi connectivity index (χ0) is 46.2. The van der Waals surface area contributed by atoms with E-state index in [4.69, 9.17) is 42.6 Å². The molecule has 2 heterocycles. The summed E-state index contributed by atoms with van der Waals surface area (Å²) in [5.41, 5.74) is 0. The summed E-state index contributed by atoms with van der Waals surface area (Å²) in [6.45, 7) is 2.27. The number of alkyl carbamates (subject to hydrolysis) is 2. The Balaban J connectivity index is 2.08. The molecule has 0 aromatic carbocycles. The van der Waals surface area contributed by atoms with Gasteiger partial charge < -0.3 is 99.6 Å². The minimum absolute atomic E-state index is 0.0105. The first kappa shape index (κ1) is 54.6. The van der Waals surface area contributed by atoms with Crippen LogP contribution in [0.15, 0.2) is 0 Å². The van der Waals surface area contributed by atoms with E-state index in [0.717, 1.165) is 0 Å². The lowest BCUT2D eigenvalue weighted by atomic mass is 9.88. The van der Waals surface area contributed by atoms with E-state index in [1.54, 1.807) is 13.8 Å². The van der Waals surface area contributed by atoms with Crippen LogP contribution in [0.25, 0.3) is 0 Å². The lowest BCUT2D eigenvalue weighted by Gasteiger charge is -2.47. The Hall–Kier alpha value is -3.57. The molecule has 0 saturated carbocycles. The number of carbonyl (C=O) groups excluding carboxylic acids is 4. The molecule has 25 heteroatoms. The van der Waals surface area contributed by atoms with Gasteiger partial charge in [-0.2, -0.15) is 0 Å². The van der Waals surface area contributed by atoms with Crippen molar-refractivity contribution >= 4 is 30.0 Å². The molecular weight excluding hydrogens is 836 g/mol. The molecule has 4 amide bonds. The molecule has 2 rings (SSSR count). The van der Waals surface area contributed by atoms with Crippen LogP contribution in [0.1, 0.15) is 39.5 Å². The maximum Gasteiger partial charge on any atom is 0.407 e. The molecule has 11 N–H and O–H groups in total. The van der Waals surface area contributed by atoms with Crippen LogP contribution in [0.4, 0.5) is 9.59 Å². The largest absolute Gasteiger partial charge is 0.477 e. The van der Waals surface area contributed by atoms with Crippen LogP contribution in [0, 0.1) is 5.92 Å². The molecule has 0 spiro atoms. The van der Waals surface area contributed by atoms with Gasteiger partial charge in [-0.1, -0.05) is 6.92 Å². The van der Waals surface area contributed by atoms with Gasteiger partial charge in [0.05, 0.1) is 83.8 Å². The Kier molecular flexibility index (Phi) is 25.5. The van der Waals surface area contributed by atoms with Gasteiger partial charge in [-0.05, 0) is 26.2 Å². The van der Waals surface area contributed by atoms with E-state index in [-0.39, 0.29) is 52.4 Å². The van der Waals surface area contributed by atoms with Gasteiger partial charge in [0.1, 0.15) is 49.8 Å². The molecule has 62 heavy (non-hydrogen) atoms. The number of carboxylic acid groups (broad SMARTS) is 1. The normalized spacial score (nSPS) is 27.6. The average molecular weight is 903 g/mol. The van der Waals surface area contributed by atoms with Gasteiger partial charge in [-0.25, -0.2) is 14.4 Å². The second kappa shape index (κ2) is 29.0. The standard InChI is InChI=1S/C37H66N4O21/c1-21-22(2)61-26(31(48)29(21)46)20-60-37(34(50)51)17-24(43)28(32(62-37)30(47)25(44)19-42)41-27(45)18-39-33(49)23(40-36(53)59-16-14-57-12-10-55-4)7-5-6-8-38-35(52)58-15-13-56-11-9-54-3/h21-26,28-32,42-44,46-48H,5-20H2,1-4H3,(H,38,52)(H,39,49)(H,40,53)(H,41,45)(H,50,51)/t21?,22-,23+,24-,25-,26?,28-,29-,30-,31+,32?,37-/m1/s1. The van der Waals surface area contributed by atoms with Crippen molar-refractivity contribution in [3.63, 3.8) is 0 Å². The molecule has 2 aliphatic heterocycles. The third-order valence-electron chi connectivity index (χ3n) is 10.0. The molecule has 2 fully saturated rings. The first-order valence-electron chi connectivity index (χ1n) is 20.3. The van der Waals surface area contributed by atoms with Crippen molar-refractivity contribution in [3.05, 3.63) is 0 Å². The minimum Gasteiger partial charge on any atom is -0.477 e. The highest BCUT2D eigenvalue weighted by Gasteiger charge is 2.56. The van der Waals surface area contributed by atoms with Gasteiger partial charge in [0, 0.05) is 33.1 Å². The van der Waals surface area contributed by atoms with Crippen molar-refractivity contribution in [2.45, 2.75) is 106 Å². The van der Waals surface area contributed by atoms with Crippen molar-refractivity contribution in [1.82, 2.24) is 21.3 Å². The number of rotatable bonds is 29. The van der Waals surface area contributed by atoms with Crippen LogP contribution in [0.2, 0.25) is 0 Å². The van der Waals surface area contributed by atoms with E-state index in [1.807, 2.05) is 0 Å². The summed E-state index contributed by atoms with van der Waals surface area (Å²) >= 11 is 0. The number of aliphatic hydroxyl groups is 6. The number of methoxy groups -OCH3 is 2. The molecule has 0 aromatic rings. The molecular formula is C37H66N4O21. The Morgan fingerprint density at radius 2 is 1.44 bits per heavy atom. The Labute approximate surface area is 358 Å². The first-order chi connectivity index (χ1) is 29.5. The maximum absolute atomic E-state index is 13.3. The summed E-state index contributed by atoms with van der Waals surface area (Å²) in [7, 11) is 3.02.